The van der Waals surface area contributed by atoms with E-state index in [1.165, 1.54) is 13.2 Å². The number of hydrogen-bond acceptors (Lipinski definition) is 7. The van der Waals surface area contributed by atoms with Gasteiger partial charge in [0.1, 0.15) is 10.9 Å². The maximum absolute atomic E-state index is 11.4. The van der Waals surface area contributed by atoms with Crippen LogP contribution in [-0.2, 0) is 27.7 Å². The lowest BCUT2D eigenvalue weighted by Gasteiger charge is -2.27. The number of methoxy groups -OCH3 is 1. The van der Waals surface area contributed by atoms with E-state index in [1.807, 2.05) is 0 Å². The number of carbonyl (C=O) groups excluding carboxylic acids is 3. The lowest BCUT2D eigenvalue weighted by atomic mass is 10.3. The van der Waals surface area contributed by atoms with Crippen LogP contribution in [0.15, 0.2) is 24.3 Å². The minimum atomic E-state index is -4.10. The van der Waals surface area contributed by atoms with Crippen molar-refractivity contribution in [3.8, 4) is 5.75 Å². The van der Waals surface area contributed by atoms with E-state index in [9.17, 15) is 14.4 Å². The molecule has 0 saturated heterocycles. The molecular weight excluding hydrogens is 296 g/mol. The van der Waals surface area contributed by atoms with Crippen LogP contribution in [0.2, 0.25) is 0 Å². The number of ether oxygens (including phenoxy) is 1. The van der Waals surface area contributed by atoms with Crippen molar-refractivity contribution in [2.45, 2.75) is 20.8 Å². The Balaban J connectivity index is 3.47. The first-order valence-electron chi connectivity index (χ1n) is 6.03. The summed E-state index contributed by atoms with van der Waals surface area (Å²) in [6, 6.07) is 6.39. The Kier molecular flexibility index (Phi) is 5.48. The third-order valence-electron chi connectivity index (χ3n) is 2.27. The average Bonchev–Trinajstić information content (AvgIpc) is 2.36. The predicted octanol–water partition coefficient (Wildman–Crippen LogP) is 0.530. The van der Waals surface area contributed by atoms with Gasteiger partial charge < -0.3 is 18.0 Å². The first kappa shape index (κ1) is 16.7. The van der Waals surface area contributed by atoms with Gasteiger partial charge in [0.25, 0.3) is 17.9 Å². The van der Waals surface area contributed by atoms with Crippen LogP contribution in [0.25, 0.3) is 0 Å². The van der Waals surface area contributed by atoms with Crippen molar-refractivity contribution in [1.82, 2.24) is 0 Å². The highest BCUT2D eigenvalue weighted by atomic mass is 28.4. The van der Waals surface area contributed by atoms with Gasteiger partial charge in [-0.05, 0) is 12.1 Å². The van der Waals surface area contributed by atoms with Crippen molar-refractivity contribution in [2.24, 2.45) is 0 Å². The summed E-state index contributed by atoms with van der Waals surface area (Å²) in [5, 5.41) is 0.216. The van der Waals surface area contributed by atoms with Gasteiger partial charge >= 0.3 is 8.80 Å². The molecular formula is C13H16O7Si. The second-order valence-corrected chi connectivity index (χ2v) is 6.30. The first-order chi connectivity index (χ1) is 9.80. The Bertz CT molecular complexity index is 514. The third kappa shape index (κ3) is 4.31. The molecule has 0 aromatic heterocycles. The molecule has 0 radical (unpaired) electrons. The van der Waals surface area contributed by atoms with Gasteiger partial charge in [0.15, 0.2) is 0 Å². The SMILES string of the molecule is COc1ccccc1[Si](OC(C)=O)(OC(C)=O)OC(C)=O. The molecule has 0 saturated carbocycles. The molecule has 0 heterocycles. The molecule has 1 aromatic carbocycles. The van der Waals surface area contributed by atoms with Crippen LogP contribution in [-0.4, -0.2) is 33.8 Å². The monoisotopic (exact) mass is 312 g/mol. The van der Waals surface area contributed by atoms with Gasteiger partial charge in [-0.3, -0.25) is 14.4 Å². The van der Waals surface area contributed by atoms with Gasteiger partial charge in [0, 0.05) is 20.8 Å². The molecule has 1 aromatic rings. The van der Waals surface area contributed by atoms with Gasteiger partial charge in [-0.1, -0.05) is 12.1 Å². The number of benzene rings is 1. The van der Waals surface area contributed by atoms with E-state index < -0.39 is 26.7 Å². The molecule has 8 heteroatoms. The summed E-state index contributed by atoms with van der Waals surface area (Å²) >= 11 is 0. The van der Waals surface area contributed by atoms with Crippen molar-refractivity contribution in [3.05, 3.63) is 24.3 Å². The van der Waals surface area contributed by atoms with Crippen LogP contribution in [0, 0.1) is 0 Å². The quantitative estimate of drug-likeness (QED) is 0.733. The zero-order chi connectivity index (χ0) is 16.0. The Morgan fingerprint density at radius 1 is 0.857 bits per heavy atom. The highest BCUT2D eigenvalue weighted by Gasteiger charge is 2.56. The van der Waals surface area contributed by atoms with Gasteiger partial charge in [-0.25, -0.2) is 0 Å². The predicted molar refractivity (Wildman–Crippen MR) is 73.7 cm³/mol. The summed E-state index contributed by atoms with van der Waals surface area (Å²) < 4.78 is 20.5. The second kappa shape index (κ2) is 6.89. The fraction of sp³-hybridized carbons (Fsp3) is 0.308. The minimum absolute atomic E-state index is 0.216. The molecule has 0 spiro atoms. The third-order valence-corrected chi connectivity index (χ3v) is 5.01. The summed E-state index contributed by atoms with van der Waals surface area (Å²) in [6.07, 6.45) is 0. The van der Waals surface area contributed by atoms with Crippen LogP contribution in [0.1, 0.15) is 20.8 Å². The molecule has 0 unspecified atom stereocenters. The lowest BCUT2D eigenvalue weighted by Crippen LogP contribution is -2.59. The number of para-hydroxylation sites is 1. The van der Waals surface area contributed by atoms with Crippen LogP contribution in [0.5, 0.6) is 5.75 Å². The highest BCUT2D eigenvalue weighted by Crippen LogP contribution is 2.18. The van der Waals surface area contributed by atoms with Gasteiger partial charge in [0.2, 0.25) is 0 Å². The summed E-state index contributed by atoms with van der Waals surface area (Å²) in [5.41, 5.74) is 0. The van der Waals surface area contributed by atoms with Crippen molar-refractivity contribution in [3.63, 3.8) is 0 Å². The fourth-order valence-electron chi connectivity index (χ4n) is 1.69. The molecule has 0 aliphatic heterocycles. The largest absolute Gasteiger partial charge is 0.746 e. The van der Waals surface area contributed by atoms with E-state index >= 15 is 0 Å². The summed E-state index contributed by atoms with van der Waals surface area (Å²) in [7, 11) is -2.70. The second-order valence-electron chi connectivity index (χ2n) is 4.04. The zero-order valence-corrected chi connectivity index (χ0v) is 13.2. The maximum atomic E-state index is 11.4. The van der Waals surface area contributed by atoms with Crippen LogP contribution in [0.3, 0.4) is 0 Å². The molecule has 0 atom stereocenters. The van der Waals surface area contributed by atoms with Crippen molar-refractivity contribution >= 4 is 31.9 Å². The van der Waals surface area contributed by atoms with E-state index in [0.29, 0.717) is 0 Å². The fourth-order valence-corrected chi connectivity index (χ4v) is 4.07. The first-order valence-corrected chi connectivity index (χ1v) is 7.75. The van der Waals surface area contributed by atoms with Crippen molar-refractivity contribution in [2.75, 3.05) is 7.11 Å². The standard InChI is InChI=1S/C13H16O7Si/c1-9(14)18-21(19-10(2)15,20-11(3)16)13-8-6-5-7-12(13)17-4/h5-8H,1-4H3. The molecule has 0 bridgehead atoms. The molecule has 1 rings (SSSR count). The highest BCUT2D eigenvalue weighted by molar-refractivity contribution is 6.79. The zero-order valence-electron chi connectivity index (χ0n) is 12.2. The van der Waals surface area contributed by atoms with Crippen LogP contribution >= 0.6 is 0 Å². The summed E-state index contributed by atoms with van der Waals surface area (Å²) in [5.74, 6) is -1.94. The molecule has 0 aliphatic rings. The van der Waals surface area contributed by atoms with Gasteiger partial charge in [-0.2, -0.15) is 0 Å². The Hall–Kier alpha value is -2.35. The van der Waals surface area contributed by atoms with E-state index in [4.69, 9.17) is 18.0 Å². The maximum Gasteiger partial charge on any atom is 0.746 e. The molecule has 0 N–H and O–H groups in total. The van der Waals surface area contributed by atoms with Crippen molar-refractivity contribution in [1.29, 1.82) is 0 Å². The molecule has 0 amide bonds. The van der Waals surface area contributed by atoms with Gasteiger partial charge in [-0.15, -0.1) is 0 Å². The Labute approximate surface area is 123 Å². The van der Waals surface area contributed by atoms with E-state index in [0.717, 1.165) is 20.8 Å². The number of hydrogen-bond donors (Lipinski definition) is 0. The lowest BCUT2D eigenvalue weighted by molar-refractivity contribution is -0.146. The van der Waals surface area contributed by atoms with Crippen molar-refractivity contribution < 1.29 is 32.4 Å². The molecule has 21 heavy (non-hydrogen) atoms. The topological polar surface area (TPSA) is 88.1 Å². The minimum Gasteiger partial charge on any atom is -0.496 e. The molecule has 0 fully saturated rings. The van der Waals surface area contributed by atoms with Crippen LogP contribution in [0.4, 0.5) is 0 Å². The molecule has 7 nitrogen and oxygen atoms in total. The smallest absolute Gasteiger partial charge is 0.496 e. The normalized spacial score (nSPS) is 10.5. The van der Waals surface area contributed by atoms with E-state index in [1.54, 1.807) is 18.2 Å². The number of rotatable bonds is 5. The summed E-state index contributed by atoms with van der Waals surface area (Å²) in [6.45, 7) is 3.39. The molecule has 0 aliphatic carbocycles. The summed E-state index contributed by atoms with van der Waals surface area (Å²) in [4.78, 5) is 34.2. The Morgan fingerprint density at radius 2 is 1.29 bits per heavy atom. The van der Waals surface area contributed by atoms with Crippen LogP contribution < -0.4 is 9.92 Å². The van der Waals surface area contributed by atoms with Gasteiger partial charge in [0.05, 0.1) is 7.11 Å². The number of carbonyl (C=O) groups is 3. The Morgan fingerprint density at radius 3 is 1.67 bits per heavy atom. The van der Waals surface area contributed by atoms with E-state index in [2.05, 4.69) is 0 Å². The molecule has 114 valence electrons. The van der Waals surface area contributed by atoms with E-state index in [-0.39, 0.29) is 10.9 Å². The average molecular weight is 312 g/mol.